The summed E-state index contributed by atoms with van der Waals surface area (Å²) in [5.41, 5.74) is -0.250. The molecule has 3 heterocycles. The molecule has 0 bridgehead atoms. The van der Waals surface area contributed by atoms with Crippen LogP contribution in [0.15, 0.2) is 17.4 Å². The minimum Gasteiger partial charge on any atom is -0.349 e. The van der Waals surface area contributed by atoms with E-state index < -0.39 is 38.5 Å². The van der Waals surface area contributed by atoms with Gasteiger partial charge in [0.05, 0.1) is 25.4 Å². The predicted molar refractivity (Wildman–Crippen MR) is 69.6 cm³/mol. The van der Waals surface area contributed by atoms with Crippen LogP contribution >= 0.6 is 7.82 Å². The van der Waals surface area contributed by atoms with Gasteiger partial charge in [0.15, 0.2) is 17.4 Å². The van der Waals surface area contributed by atoms with Crippen molar-refractivity contribution in [2.45, 2.75) is 24.9 Å². The highest BCUT2D eigenvalue weighted by Gasteiger charge is 2.38. The number of aromatic amines is 1. The summed E-state index contributed by atoms with van der Waals surface area (Å²) < 4.78 is 35.7. The van der Waals surface area contributed by atoms with Gasteiger partial charge in [-0.05, 0) is 0 Å². The third-order valence-corrected chi connectivity index (χ3v) is 3.68. The fraction of sp³-hybridized carbons (Fsp3) is 0.500. The first-order valence-corrected chi connectivity index (χ1v) is 7.78. The van der Waals surface area contributed by atoms with Crippen molar-refractivity contribution in [1.82, 2.24) is 19.5 Å². The molecule has 1 fully saturated rings. The Morgan fingerprint density at radius 3 is 3.05 bits per heavy atom. The average Bonchev–Trinajstić information content (AvgIpc) is 3.00. The minimum atomic E-state index is -4.64. The van der Waals surface area contributed by atoms with Crippen molar-refractivity contribution in [1.29, 1.82) is 0 Å². The van der Waals surface area contributed by atoms with E-state index in [1.165, 1.54) is 17.2 Å². The maximum absolute atomic E-state index is 14.1. The van der Waals surface area contributed by atoms with E-state index in [1.54, 1.807) is 0 Å². The smallest absolute Gasteiger partial charge is 0.349 e. The molecule has 2 unspecified atom stereocenters. The molecule has 0 spiro atoms. The highest BCUT2D eigenvalue weighted by Crippen LogP contribution is 2.39. The first kappa shape index (κ1) is 15.3. The van der Waals surface area contributed by atoms with Crippen LogP contribution in [0, 0.1) is 0 Å². The van der Waals surface area contributed by atoms with Crippen molar-refractivity contribution < 1.29 is 28.0 Å². The molecule has 10 nitrogen and oxygen atoms in total. The quantitative estimate of drug-likeness (QED) is 0.656. The minimum absolute atomic E-state index is 0.0493. The number of nitrogens with one attached hydrogen (secondary N) is 1. The highest BCUT2D eigenvalue weighted by molar-refractivity contribution is 7.46. The van der Waals surface area contributed by atoms with Gasteiger partial charge in [0, 0.05) is 6.42 Å². The molecule has 3 N–H and O–H groups in total. The van der Waals surface area contributed by atoms with Crippen molar-refractivity contribution in [3.63, 3.8) is 0 Å². The van der Waals surface area contributed by atoms with Crippen LogP contribution in [0.1, 0.15) is 12.6 Å². The van der Waals surface area contributed by atoms with E-state index in [0.29, 0.717) is 0 Å². The molecular weight excluding hydrogens is 322 g/mol. The second-order valence-electron chi connectivity index (χ2n) is 4.74. The highest BCUT2D eigenvalue weighted by atomic mass is 31.2. The molecule has 12 heteroatoms. The molecule has 1 aliphatic heterocycles. The number of fused-ring (bicyclic) bond motifs is 1. The number of rotatable bonds is 4. The average molecular weight is 334 g/mol. The van der Waals surface area contributed by atoms with Gasteiger partial charge in [-0.3, -0.25) is 13.9 Å². The van der Waals surface area contributed by atoms with Gasteiger partial charge in [-0.25, -0.2) is 18.9 Å². The Labute approximate surface area is 122 Å². The monoisotopic (exact) mass is 334 g/mol. The maximum atomic E-state index is 14.1. The Balaban J connectivity index is 1.81. The van der Waals surface area contributed by atoms with Crippen molar-refractivity contribution in [3.05, 3.63) is 23.0 Å². The van der Waals surface area contributed by atoms with Crippen molar-refractivity contribution >= 4 is 19.0 Å². The fourth-order valence-electron chi connectivity index (χ4n) is 2.28. The lowest BCUT2D eigenvalue weighted by Gasteiger charge is -2.16. The van der Waals surface area contributed by atoms with Crippen molar-refractivity contribution in [3.8, 4) is 0 Å². The van der Waals surface area contributed by atoms with E-state index in [-0.39, 0.29) is 17.6 Å². The summed E-state index contributed by atoms with van der Waals surface area (Å²) in [7, 11) is -4.64. The van der Waals surface area contributed by atoms with E-state index in [2.05, 4.69) is 19.5 Å². The first-order valence-electron chi connectivity index (χ1n) is 6.25. The molecular formula is C10H12FN4O6P. The molecule has 2 aromatic heterocycles. The molecule has 0 aromatic carbocycles. The van der Waals surface area contributed by atoms with Gasteiger partial charge in [0.2, 0.25) is 0 Å². The number of imidazole rings is 1. The molecule has 3 rings (SSSR count). The lowest BCUT2D eigenvalue weighted by Crippen LogP contribution is -2.18. The maximum Gasteiger partial charge on any atom is 0.469 e. The second kappa shape index (κ2) is 5.52. The Bertz CT molecular complexity index is 787. The van der Waals surface area contributed by atoms with Crippen LogP contribution in [-0.2, 0) is 13.8 Å². The molecule has 1 saturated heterocycles. The zero-order valence-electron chi connectivity index (χ0n) is 11.0. The molecule has 120 valence electrons. The number of halogens is 1. The first-order chi connectivity index (χ1) is 10.3. The number of phosphoric acid groups is 1. The number of H-pyrrole nitrogens is 1. The molecule has 3 atom stereocenters. The number of aromatic nitrogens is 4. The van der Waals surface area contributed by atoms with Crippen LogP contribution in [-0.4, -0.2) is 48.2 Å². The summed E-state index contributed by atoms with van der Waals surface area (Å²) in [5, 5.41) is 0. The molecule has 1 aliphatic rings. The topological polar surface area (TPSA) is 140 Å². The summed E-state index contributed by atoms with van der Waals surface area (Å²) in [6.07, 6.45) is -1.08. The summed E-state index contributed by atoms with van der Waals surface area (Å²) in [6.45, 7) is -0.443. The number of nitrogens with zero attached hydrogens (tertiary/aromatic N) is 3. The van der Waals surface area contributed by atoms with Crippen LogP contribution < -0.4 is 5.56 Å². The van der Waals surface area contributed by atoms with E-state index in [1.807, 2.05) is 0 Å². The SMILES string of the molecule is O=c1[nH]cnc2c1ncn2C1OC(COP(=O)(O)O)C[C@H]1F. The molecule has 22 heavy (non-hydrogen) atoms. The Hall–Kier alpha value is -1.65. The number of alkyl halides is 1. The third-order valence-electron chi connectivity index (χ3n) is 3.20. The number of ether oxygens (including phenoxy) is 1. The summed E-state index contributed by atoms with van der Waals surface area (Å²) in [4.78, 5) is 39.0. The van der Waals surface area contributed by atoms with Crippen LogP contribution in [0.25, 0.3) is 11.2 Å². The zero-order chi connectivity index (χ0) is 15.9. The number of phosphoric ester groups is 1. The Morgan fingerprint density at radius 2 is 2.32 bits per heavy atom. The summed E-state index contributed by atoms with van der Waals surface area (Å²) in [6, 6.07) is 0. The zero-order valence-corrected chi connectivity index (χ0v) is 11.9. The van der Waals surface area contributed by atoms with Crippen LogP contribution in [0.4, 0.5) is 4.39 Å². The Morgan fingerprint density at radius 1 is 1.55 bits per heavy atom. The normalized spacial score (nSPS) is 25.9. The van der Waals surface area contributed by atoms with Crippen molar-refractivity contribution in [2.24, 2.45) is 0 Å². The molecule has 0 amide bonds. The van der Waals surface area contributed by atoms with Crippen molar-refractivity contribution in [2.75, 3.05) is 6.61 Å². The standard InChI is InChI=1S/C10H12FN4O6P/c11-6-1-5(2-20-22(17,18)19)21-10(6)15-4-14-7-8(15)12-3-13-9(7)16/h3-6,10H,1-2H2,(H,12,13,16)(H2,17,18,19)/t5?,6-,10?/m1/s1. The second-order valence-corrected chi connectivity index (χ2v) is 5.98. The molecule has 2 aromatic rings. The fourth-order valence-corrected chi connectivity index (χ4v) is 2.64. The van der Waals surface area contributed by atoms with Gasteiger partial charge in [0.1, 0.15) is 6.17 Å². The molecule has 0 aliphatic carbocycles. The third kappa shape index (κ3) is 2.94. The predicted octanol–water partition coefficient (Wildman–Crippen LogP) is -0.146. The van der Waals surface area contributed by atoms with Crippen LogP contribution in [0.3, 0.4) is 0 Å². The van der Waals surface area contributed by atoms with Gasteiger partial charge in [-0.15, -0.1) is 0 Å². The number of hydrogen-bond donors (Lipinski definition) is 3. The molecule has 0 radical (unpaired) electrons. The lowest BCUT2D eigenvalue weighted by atomic mass is 10.2. The molecule has 0 saturated carbocycles. The van der Waals surface area contributed by atoms with Gasteiger partial charge >= 0.3 is 7.82 Å². The number of hydrogen-bond acceptors (Lipinski definition) is 6. The lowest BCUT2D eigenvalue weighted by molar-refractivity contribution is -0.0347. The van der Waals surface area contributed by atoms with Crippen LogP contribution in [0.2, 0.25) is 0 Å². The summed E-state index contributed by atoms with van der Waals surface area (Å²) in [5.74, 6) is 0. The van der Waals surface area contributed by atoms with Gasteiger partial charge < -0.3 is 19.5 Å². The van der Waals surface area contributed by atoms with E-state index in [0.717, 1.165) is 0 Å². The van der Waals surface area contributed by atoms with Gasteiger partial charge in [0.25, 0.3) is 5.56 Å². The largest absolute Gasteiger partial charge is 0.469 e. The van der Waals surface area contributed by atoms with Gasteiger partial charge in [-0.2, -0.15) is 0 Å². The van der Waals surface area contributed by atoms with Gasteiger partial charge in [-0.1, -0.05) is 0 Å². The van der Waals surface area contributed by atoms with E-state index >= 15 is 0 Å². The van der Waals surface area contributed by atoms with E-state index in [9.17, 15) is 13.8 Å². The van der Waals surface area contributed by atoms with E-state index in [4.69, 9.17) is 14.5 Å². The van der Waals surface area contributed by atoms with Crippen LogP contribution in [0.5, 0.6) is 0 Å². The Kier molecular flexibility index (Phi) is 3.83. The summed E-state index contributed by atoms with van der Waals surface area (Å²) >= 11 is 0.